The van der Waals surface area contributed by atoms with Crippen LogP contribution in [0.4, 0.5) is 4.39 Å². The molecule has 0 saturated carbocycles. The van der Waals surface area contributed by atoms with Gasteiger partial charge in [0.15, 0.2) is 0 Å². The molecule has 0 aliphatic carbocycles. The third kappa shape index (κ3) is 2.91. The van der Waals surface area contributed by atoms with Gasteiger partial charge in [0.2, 0.25) is 0 Å². The summed E-state index contributed by atoms with van der Waals surface area (Å²) < 4.78 is 16.5. The Hall–Kier alpha value is -1.26. The van der Waals surface area contributed by atoms with Crippen LogP contribution in [0.1, 0.15) is 69.7 Å². The van der Waals surface area contributed by atoms with Gasteiger partial charge < -0.3 is 9.67 Å². The largest absolute Gasteiger partial charge is 0.388 e. The lowest BCUT2D eigenvalue weighted by Gasteiger charge is -2.13. The smallest absolute Gasteiger partial charge is 0.125 e. The lowest BCUT2D eigenvalue weighted by Crippen LogP contribution is -1.99. The molecule has 2 aromatic rings. The number of nitrogens with zero attached hydrogens (tertiary/aromatic N) is 1. The summed E-state index contributed by atoms with van der Waals surface area (Å²) in [5.74, 6) is 0.260. The molecule has 1 aromatic heterocycles. The summed E-state index contributed by atoms with van der Waals surface area (Å²) in [7, 11) is 0. The molecular weight excluding hydrogens is 321 g/mol. The molecule has 4 heteroatoms. The van der Waals surface area contributed by atoms with Crippen LogP contribution in [0.3, 0.4) is 0 Å². The van der Waals surface area contributed by atoms with Crippen molar-refractivity contribution in [1.29, 1.82) is 0 Å². The van der Waals surface area contributed by atoms with Crippen LogP contribution < -0.4 is 0 Å². The molecule has 0 spiro atoms. The average molecular weight is 347 g/mol. The molecule has 130 valence electrons. The summed E-state index contributed by atoms with van der Waals surface area (Å²) in [5, 5.41) is 13.6. The minimum atomic E-state index is -0.624. The molecule has 1 N–H and O–H groups in total. The zero-order valence-corrected chi connectivity index (χ0v) is 15.5. The van der Waals surface area contributed by atoms with Gasteiger partial charge in [-0.2, -0.15) is 0 Å². The molecule has 0 bridgehead atoms. The lowest BCUT2D eigenvalue weighted by molar-refractivity contribution is 0.174. The molecule has 0 amide bonds. The van der Waals surface area contributed by atoms with Crippen molar-refractivity contribution in [1.82, 2.24) is 4.57 Å². The fourth-order valence-corrected chi connectivity index (χ4v) is 4.90. The van der Waals surface area contributed by atoms with Crippen molar-refractivity contribution < 1.29 is 9.50 Å². The van der Waals surface area contributed by atoms with E-state index in [0.29, 0.717) is 12.3 Å². The minimum absolute atomic E-state index is 0.258. The first-order valence-electron chi connectivity index (χ1n) is 8.97. The molecule has 1 aromatic carbocycles. The van der Waals surface area contributed by atoms with Crippen LogP contribution in [0.5, 0.6) is 0 Å². The highest BCUT2D eigenvalue weighted by molar-refractivity contribution is 8.02. The van der Waals surface area contributed by atoms with Crippen LogP contribution in [-0.2, 0) is 6.54 Å². The summed E-state index contributed by atoms with van der Waals surface area (Å²) in [5.41, 5.74) is 3.00. The Balaban J connectivity index is 2.29. The average Bonchev–Trinajstić information content (AvgIpc) is 3.13. The van der Waals surface area contributed by atoms with E-state index >= 15 is 0 Å². The van der Waals surface area contributed by atoms with Gasteiger partial charge in [0, 0.05) is 28.4 Å². The highest BCUT2D eigenvalue weighted by Crippen LogP contribution is 2.47. The number of aliphatic hydroxyl groups excluding tert-OH is 1. The Bertz CT molecular complexity index is 765. The van der Waals surface area contributed by atoms with Crippen molar-refractivity contribution in [2.24, 2.45) is 0 Å². The summed E-state index contributed by atoms with van der Waals surface area (Å²) in [4.78, 5) is 1.21. The number of rotatable bonds is 6. The van der Waals surface area contributed by atoms with Crippen molar-refractivity contribution in [2.75, 3.05) is 0 Å². The molecule has 24 heavy (non-hydrogen) atoms. The fraction of sp³-hybridized carbons (Fsp3) is 0.500. The maximum absolute atomic E-state index is 14.2. The van der Waals surface area contributed by atoms with Crippen LogP contribution in [-0.4, -0.2) is 9.67 Å². The number of aromatic nitrogens is 1. The third-order valence-corrected chi connectivity index (χ3v) is 5.98. The minimum Gasteiger partial charge on any atom is -0.388 e. The molecule has 1 aliphatic rings. The predicted molar refractivity (Wildman–Crippen MR) is 100 cm³/mol. The number of hydrogen-bond acceptors (Lipinski definition) is 2. The van der Waals surface area contributed by atoms with Crippen LogP contribution in [0, 0.1) is 5.82 Å². The monoisotopic (exact) mass is 347 g/mol. The highest BCUT2D eigenvalue weighted by Gasteiger charge is 2.30. The van der Waals surface area contributed by atoms with E-state index in [1.165, 1.54) is 16.7 Å². The van der Waals surface area contributed by atoms with Gasteiger partial charge in [-0.15, -0.1) is 0 Å². The molecule has 0 radical (unpaired) electrons. The van der Waals surface area contributed by atoms with Gasteiger partial charge in [0.05, 0.1) is 11.6 Å². The molecular formula is C20H26FNOS. The van der Waals surface area contributed by atoms with E-state index in [4.69, 9.17) is 0 Å². The lowest BCUT2D eigenvalue weighted by atomic mass is 9.98. The SMILES string of the molecule is CC/C=C/Sc1c2n(c3cc(F)cc(C(O)CC)c13)CCC2CC. The van der Waals surface area contributed by atoms with E-state index in [1.807, 2.05) is 6.92 Å². The van der Waals surface area contributed by atoms with Crippen molar-refractivity contribution in [3.8, 4) is 0 Å². The van der Waals surface area contributed by atoms with Gasteiger partial charge in [0.1, 0.15) is 5.82 Å². The van der Waals surface area contributed by atoms with Crippen molar-refractivity contribution in [2.45, 2.75) is 69.9 Å². The fourth-order valence-electron chi connectivity index (χ4n) is 3.73. The second kappa shape index (κ2) is 7.32. The van der Waals surface area contributed by atoms with Crippen molar-refractivity contribution >= 4 is 22.7 Å². The van der Waals surface area contributed by atoms with Crippen LogP contribution >= 0.6 is 11.8 Å². The number of thioether (sulfide) groups is 1. The first-order valence-corrected chi connectivity index (χ1v) is 9.85. The second-order valence-electron chi connectivity index (χ2n) is 6.47. The number of benzene rings is 1. The van der Waals surface area contributed by atoms with Gasteiger partial charge >= 0.3 is 0 Å². The van der Waals surface area contributed by atoms with Crippen LogP contribution in [0.25, 0.3) is 10.9 Å². The van der Waals surface area contributed by atoms with E-state index < -0.39 is 6.10 Å². The van der Waals surface area contributed by atoms with Crippen LogP contribution in [0.2, 0.25) is 0 Å². The normalized spacial score (nSPS) is 18.6. The topological polar surface area (TPSA) is 25.2 Å². The number of fused-ring (bicyclic) bond motifs is 3. The molecule has 1 aliphatic heterocycles. The zero-order chi connectivity index (χ0) is 17.3. The summed E-state index contributed by atoms with van der Waals surface area (Å²) in [6.45, 7) is 7.21. The quantitative estimate of drug-likeness (QED) is 0.635. The highest BCUT2D eigenvalue weighted by atomic mass is 32.2. The number of aliphatic hydroxyl groups is 1. The molecule has 0 fully saturated rings. The van der Waals surface area contributed by atoms with E-state index in [9.17, 15) is 9.50 Å². The van der Waals surface area contributed by atoms with E-state index in [2.05, 4.69) is 29.9 Å². The Kier molecular flexibility index (Phi) is 5.36. The number of hydrogen-bond donors (Lipinski definition) is 1. The molecule has 2 heterocycles. The van der Waals surface area contributed by atoms with E-state index in [1.54, 1.807) is 17.8 Å². The van der Waals surface area contributed by atoms with Gasteiger partial charge in [0.25, 0.3) is 0 Å². The van der Waals surface area contributed by atoms with Crippen molar-refractivity contribution in [3.63, 3.8) is 0 Å². The second-order valence-corrected chi connectivity index (χ2v) is 7.39. The Morgan fingerprint density at radius 2 is 2.17 bits per heavy atom. The Morgan fingerprint density at radius 1 is 1.38 bits per heavy atom. The summed E-state index contributed by atoms with van der Waals surface area (Å²) in [6, 6.07) is 3.15. The maximum atomic E-state index is 14.2. The molecule has 2 unspecified atom stereocenters. The number of allylic oxidation sites excluding steroid dienone is 1. The van der Waals surface area contributed by atoms with Crippen LogP contribution in [0.15, 0.2) is 28.5 Å². The summed E-state index contributed by atoms with van der Waals surface area (Å²) in [6.07, 6.45) is 5.32. The molecule has 2 atom stereocenters. The standard InChI is InChI=1S/C20H26FNOS/c1-4-7-10-24-20-18-15(17(23)6-3)11-14(21)12-16(18)22-9-8-13(5-2)19(20)22/h7,10-13,17,23H,4-6,8-9H2,1-3H3/b10-7+. The first-order chi connectivity index (χ1) is 11.6. The van der Waals surface area contributed by atoms with Gasteiger partial charge in [-0.1, -0.05) is 38.6 Å². The third-order valence-electron chi connectivity index (χ3n) is 5.00. The Labute approximate surface area is 147 Å². The van der Waals surface area contributed by atoms with Gasteiger partial charge in [-0.3, -0.25) is 0 Å². The van der Waals surface area contributed by atoms with Crippen molar-refractivity contribution in [3.05, 3.63) is 40.7 Å². The number of aryl methyl sites for hydroxylation is 1. The van der Waals surface area contributed by atoms with E-state index in [-0.39, 0.29) is 5.82 Å². The van der Waals surface area contributed by atoms with Gasteiger partial charge in [-0.05, 0) is 48.8 Å². The zero-order valence-electron chi connectivity index (χ0n) is 14.7. The molecule has 2 nitrogen and oxygen atoms in total. The Morgan fingerprint density at radius 3 is 2.83 bits per heavy atom. The molecule has 0 saturated heterocycles. The first kappa shape index (κ1) is 17.6. The van der Waals surface area contributed by atoms with Gasteiger partial charge in [-0.25, -0.2) is 4.39 Å². The molecule has 3 rings (SSSR count). The number of halogens is 1. The maximum Gasteiger partial charge on any atom is 0.125 e. The van der Waals surface area contributed by atoms with E-state index in [0.717, 1.165) is 42.3 Å². The predicted octanol–water partition coefficient (Wildman–Crippen LogP) is 6.14. The summed E-state index contributed by atoms with van der Waals surface area (Å²) >= 11 is 1.72.